The summed E-state index contributed by atoms with van der Waals surface area (Å²) in [6.45, 7) is 6.29. The van der Waals surface area contributed by atoms with Gasteiger partial charge in [-0.15, -0.1) is 0 Å². The number of esters is 1. The average Bonchev–Trinajstić information content (AvgIpc) is 3.29. The van der Waals surface area contributed by atoms with Crippen LogP contribution in [0, 0.1) is 12.8 Å². The van der Waals surface area contributed by atoms with Crippen molar-refractivity contribution in [3.05, 3.63) is 53.7 Å². The number of hydrogen-bond donors (Lipinski definition) is 0. The second kappa shape index (κ2) is 7.67. The molecular formula is C21H24N4O3. The number of aryl methyl sites for hydroxylation is 2. The SMILES string of the molecule is CCc1nc(C)nc2c1ncn2C1CC(C)C(COC(=O)c2ccccc2)O1. The highest BCUT2D eigenvalue weighted by atomic mass is 16.6. The van der Waals surface area contributed by atoms with Gasteiger partial charge in [0.15, 0.2) is 5.65 Å². The number of carbonyl (C=O) groups is 1. The molecule has 0 bridgehead atoms. The van der Waals surface area contributed by atoms with Gasteiger partial charge in [-0.2, -0.15) is 0 Å². The Bertz CT molecular complexity index is 986. The predicted octanol–water partition coefficient (Wildman–Crippen LogP) is 3.48. The second-order valence-electron chi connectivity index (χ2n) is 7.20. The number of hydrogen-bond acceptors (Lipinski definition) is 6. The van der Waals surface area contributed by atoms with E-state index in [1.165, 1.54) is 0 Å². The Morgan fingerprint density at radius 1 is 1.29 bits per heavy atom. The van der Waals surface area contributed by atoms with Crippen molar-refractivity contribution in [2.75, 3.05) is 6.61 Å². The predicted molar refractivity (Wildman–Crippen MR) is 104 cm³/mol. The van der Waals surface area contributed by atoms with Gasteiger partial charge in [-0.3, -0.25) is 4.57 Å². The summed E-state index contributed by atoms with van der Waals surface area (Å²) in [6.07, 6.45) is 3.04. The van der Waals surface area contributed by atoms with Crippen molar-refractivity contribution in [2.45, 2.75) is 45.9 Å². The van der Waals surface area contributed by atoms with E-state index in [0.29, 0.717) is 5.56 Å². The van der Waals surface area contributed by atoms with Gasteiger partial charge in [0.25, 0.3) is 0 Å². The van der Waals surface area contributed by atoms with Gasteiger partial charge in [-0.05, 0) is 37.8 Å². The number of imidazole rings is 1. The van der Waals surface area contributed by atoms with Crippen LogP contribution in [0.1, 0.15) is 48.4 Å². The van der Waals surface area contributed by atoms with E-state index in [-0.39, 0.29) is 30.8 Å². The molecule has 4 rings (SSSR count). The molecule has 0 aliphatic carbocycles. The molecule has 0 spiro atoms. The van der Waals surface area contributed by atoms with Crippen LogP contribution in [0.5, 0.6) is 0 Å². The zero-order valence-electron chi connectivity index (χ0n) is 16.3. The standard InChI is InChI=1S/C21H24N4O3/c1-4-16-19-20(24-14(3)23-16)25(12-22-19)18-10-13(2)17(28-18)11-27-21(26)15-8-6-5-7-9-15/h5-9,12-13,17-18H,4,10-11H2,1-3H3. The normalized spacial score (nSPS) is 21.9. The summed E-state index contributed by atoms with van der Waals surface area (Å²) in [7, 11) is 0. The fraction of sp³-hybridized carbons (Fsp3) is 0.429. The molecule has 1 aliphatic heterocycles. The Kier molecular flexibility index (Phi) is 5.09. The summed E-state index contributed by atoms with van der Waals surface area (Å²) >= 11 is 0. The van der Waals surface area contributed by atoms with Crippen molar-refractivity contribution in [2.24, 2.45) is 5.92 Å². The van der Waals surface area contributed by atoms with Crippen molar-refractivity contribution in [3.63, 3.8) is 0 Å². The number of nitrogens with zero attached hydrogens (tertiary/aromatic N) is 4. The van der Waals surface area contributed by atoms with Crippen LogP contribution in [0.4, 0.5) is 0 Å². The molecule has 1 fully saturated rings. The zero-order valence-corrected chi connectivity index (χ0v) is 16.3. The maximum absolute atomic E-state index is 12.2. The van der Waals surface area contributed by atoms with E-state index in [0.717, 1.165) is 35.5 Å². The summed E-state index contributed by atoms with van der Waals surface area (Å²) in [6, 6.07) is 9.00. The third-order valence-electron chi connectivity index (χ3n) is 5.18. The summed E-state index contributed by atoms with van der Waals surface area (Å²) in [4.78, 5) is 25.8. The monoisotopic (exact) mass is 380 g/mol. The lowest BCUT2D eigenvalue weighted by molar-refractivity contribution is -0.0373. The molecule has 2 aromatic heterocycles. The maximum atomic E-state index is 12.2. The first-order valence-corrected chi connectivity index (χ1v) is 9.64. The number of rotatable bonds is 5. The van der Waals surface area contributed by atoms with E-state index in [4.69, 9.17) is 9.47 Å². The number of carbonyl (C=O) groups excluding carboxylic acids is 1. The summed E-state index contributed by atoms with van der Waals surface area (Å²) in [5.74, 6) is 0.647. The maximum Gasteiger partial charge on any atom is 0.338 e. The molecule has 146 valence electrons. The van der Waals surface area contributed by atoms with Crippen LogP contribution in [-0.2, 0) is 15.9 Å². The molecule has 0 N–H and O–H groups in total. The molecule has 0 saturated carbocycles. The first-order chi connectivity index (χ1) is 13.6. The first-order valence-electron chi connectivity index (χ1n) is 9.64. The number of benzene rings is 1. The Morgan fingerprint density at radius 2 is 2.07 bits per heavy atom. The molecule has 1 saturated heterocycles. The van der Waals surface area contributed by atoms with Crippen LogP contribution >= 0.6 is 0 Å². The molecule has 7 nitrogen and oxygen atoms in total. The van der Waals surface area contributed by atoms with E-state index in [9.17, 15) is 4.79 Å². The third kappa shape index (κ3) is 3.49. The van der Waals surface area contributed by atoms with Crippen molar-refractivity contribution in [1.29, 1.82) is 0 Å². The van der Waals surface area contributed by atoms with Crippen LogP contribution in [0.15, 0.2) is 36.7 Å². The fourth-order valence-electron chi connectivity index (χ4n) is 3.61. The average molecular weight is 380 g/mol. The third-order valence-corrected chi connectivity index (χ3v) is 5.18. The Labute approximate surface area is 163 Å². The van der Waals surface area contributed by atoms with E-state index in [1.54, 1.807) is 18.5 Å². The second-order valence-corrected chi connectivity index (χ2v) is 7.20. The molecule has 28 heavy (non-hydrogen) atoms. The van der Waals surface area contributed by atoms with Crippen LogP contribution in [0.2, 0.25) is 0 Å². The van der Waals surface area contributed by atoms with Crippen molar-refractivity contribution < 1.29 is 14.3 Å². The largest absolute Gasteiger partial charge is 0.459 e. The molecular weight excluding hydrogens is 356 g/mol. The van der Waals surface area contributed by atoms with E-state index < -0.39 is 0 Å². The molecule has 3 aromatic rings. The topological polar surface area (TPSA) is 79.1 Å². The highest BCUT2D eigenvalue weighted by molar-refractivity contribution is 5.89. The van der Waals surface area contributed by atoms with Crippen molar-refractivity contribution >= 4 is 17.1 Å². The van der Waals surface area contributed by atoms with Crippen LogP contribution in [0.3, 0.4) is 0 Å². The quantitative estimate of drug-likeness (QED) is 0.631. The smallest absolute Gasteiger partial charge is 0.338 e. The van der Waals surface area contributed by atoms with Gasteiger partial charge in [-0.1, -0.05) is 32.0 Å². The number of aromatic nitrogens is 4. The van der Waals surface area contributed by atoms with Gasteiger partial charge in [0.05, 0.1) is 23.7 Å². The number of ether oxygens (including phenoxy) is 2. The minimum atomic E-state index is -0.330. The summed E-state index contributed by atoms with van der Waals surface area (Å²) in [5, 5.41) is 0. The molecule has 3 heterocycles. The highest BCUT2D eigenvalue weighted by Crippen LogP contribution is 2.35. The fourth-order valence-corrected chi connectivity index (χ4v) is 3.61. The lowest BCUT2D eigenvalue weighted by Gasteiger charge is -2.16. The van der Waals surface area contributed by atoms with Gasteiger partial charge >= 0.3 is 5.97 Å². The summed E-state index contributed by atoms with van der Waals surface area (Å²) in [5.41, 5.74) is 3.11. The lowest BCUT2D eigenvalue weighted by Crippen LogP contribution is -2.23. The molecule has 0 radical (unpaired) electrons. The highest BCUT2D eigenvalue weighted by Gasteiger charge is 2.35. The van der Waals surface area contributed by atoms with Gasteiger partial charge in [0.1, 0.15) is 24.2 Å². The van der Waals surface area contributed by atoms with E-state index >= 15 is 0 Å². The van der Waals surface area contributed by atoms with Gasteiger partial charge in [0, 0.05) is 0 Å². The van der Waals surface area contributed by atoms with Gasteiger partial charge in [-0.25, -0.2) is 19.7 Å². The van der Waals surface area contributed by atoms with Gasteiger partial charge in [0.2, 0.25) is 0 Å². The van der Waals surface area contributed by atoms with Gasteiger partial charge < -0.3 is 9.47 Å². The van der Waals surface area contributed by atoms with E-state index in [1.807, 2.05) is 29.7 Å². The molecule has 3 unspecified atom stereocenters. The minimum Gasteiger partial charge on any atom is -0.459 e. The first kappa shape index (κ1) is 18.6. The molecule has 0 amide bonds. The zero-order chi connectivity index (χ0) is 19.7. The van der Waals surface area contributed by atoms with Crippen LogP contribution < -0.4 is 0 Å². The Hall–Kier alpha value is -2.80. The minimum absolute atomic E-state index is 0.163. The van der Waals surface area contributed by atoms with Crippen molar-refractivity contribution in [1.82, 2.24) is 19.5 Å². The van der Waals surface area contributed by atoms with E-state index in [2.05, 4.69) is 28.8 Å². The molecule has 3 atom stereocenters. The molecule has 1 aromatic carbocycles. The lowest BCUT2D eigenvalue weighted by atomic mass is 10.0. The Balaban J connectivity index is 1.48. The Morgan fingerprint density at radius 3 is 2.82 bits per heavy atom. The molecule has 1 aliphatic rings. The van der Waals surface area contributed by atoms with Crippen LogP contribution in [-0.4, -0.2) is 38.2 Å². The summed E-state index contributed by atoms with van der Waals surface area (Å²) < 4.78 is 13.7. The number of fused-ring (bicyclic) bond motifs is 1. The van der Waals surface area contributed by atoms with Crippen LogP contribution in [0.25, 0.3) is 11.2 Å². The van der Waals surface area contributed by atoms with Crippen molar-refractivity contribution in [3.8, 4) is 0 Å². The molecule has 7 heteroatoms.